The molecule has 0 fully saturated rings. The van der Waals surface area contributed by atoms with Crippen molar-refractivity contribution in [1.82, 2.24) is 0 Å². The van der Waals surface area contributed by atoms with Crippen LogP contribution in [0.1, 0.15) is 0 Å². The number of hydrogen-bond donors (Lipinski definition) is 0. The van der Waals surface area contributed by atoms with Gasteiger partial charge in [-0.2, -0.15) is 36.4 Å². The average molecular weight is 207 g/mol. The summed E-state index contributed by atoms with van der Waals surface area (Å²) >= 11 is 0. The summed E-state index contributed by atoms with van der Waals surface area (Å²) in [6, 6.07) is 20.0. The third-order valence-electron chi connectivity index (χ3n) is 1.11. The summed E-state index contributed by atoms with van der Waals surface area (Å²) in [5.41, 5.74) is 0. The molecular formula is C10H10FeLi3+2. The molecule has 0 saturated carbocycles. The van der Waals surface area contributed by atoms with Gasteiger partial charge < -0.3 is 0 Å². The van der Waals surface area contributed by atoms with E-state index < -0.39 is 0 Å². The van der Waals surface area contributed by atoms with E-state index in [1.807, 2.05) is 60.7 Å². The first kappa shape index (κ1) is 24.3. The topological polar surface area (TPSA) is 0 Å². The second-order valence-electron chi connectivity index (χ2n) is 1.92. The Hall–Kier alpha value is 1.01. The maximum atomic E-state index is 2.00. The number of rotatable bonds is 0. The summed E-state index contributed by atoms with van der Waals surface area (Å²) in [7, 11) is 0. The maximum Gasteiger partial charge on any atom is 2.00 e. The molecule has 0 unspecified atom stereocenters. The van der Waals surface area contributed by atoms with E-state index in [1.54, 1.807) is 0 Å². The molecule has 0 bridgehead atoms. The maximum absolute atomic E-state index is 2.00. The first-order chi connectivity index (χ1) is 5.00. The second kappa shape index (κ2) is 19.6. The van der Waals surface area contributed by atoms with Crippen LogP contribution in [0.5, 0.6) is 0 Å². The minimum Gasteiger partial charge on any atom is -0.214 e. The van der Waals surface area contributed by atoms with Gasteiger partial charge >= 0.3 is 54.8 Å². The smallest absolute Gasteiger partial charge is 0.214 e. The van der Waals surface area contributed by atoms with Gasteiger partial charge in [-0.15, -0.1) is 0 Å². The first-order valence-electron chi connectivity index (χ1n) is 3.33. The van der Waals surface area contributed by atoms with Crippen molar-refractivity contribution in [3.8, 4) is 0 Å². The van der Waals surface area contributed by atoms with Gasteiger partial charge in [-0.3, -0.25) is 0 Å². The molecule has 0 aliphatic carbocycles. The van der Waals surface area contributed by atoms with Crippen LogP contribution in [-0.2, 0) is 17.1 Å². The van der Waals surface area contributed by atoms with Crippen LogP contribution >= 0.6 is 0 Å². The van der Waals surface area contributed by atoms with E-state index in [1.165, 1.54) is 0 Å². The molecule has 0 spiro atoms. The van der Waals surface area contributed by atoms with Crippen molar-refractivity contribution >= 4 is 18.9 Å². The molecule has 0 heterocycles. The summed E-state index contributed by atoms with van der Waals surface area (Å²) < 4.78 is 0. The molecule has 2 rings (SSSR count). The SMILES string of the molecule is [Fe+2].[Li+].[Li+].[Li].c1cc[cH-]c1.c1cc[cH-]c1. The zero-order valence-corrected chi connectivity index (χ0v) is 10.2. The zero-order valence-electron chi connectivity index (χ0n) is 9.13. The van der Waals surface area contributed by atoms with Crippen LogP contribution in [0.4, 0.5) is 0 Å². The molecule has 2 aromatic rings. The van der Waals surface area contributed by atoms with Crippen LogP contribution in [0.15, 0.2) is 60.7 Å². The predicted octanol–water partition coefficient (Wildman–Crippen LogP) is -3.56. The van der Waals surface area contributed by atoms with Crippen molar-refractivity contribution in [2.24, 2.45) is 0 Å². The molecule has 0 saturated heterocycles. The Morgan fingerprint density at radius 1 is 0.571 bits per heavy atom. The van der Waals surface area contributed by atoms with Gasteiger partial charge in [0.05, 0.1) is 0 Å². The molecule has 0 aliphatic rings. The van der Waals surface area contributed by atoms with Gasteiger partial charge in [-0.25, -0.2) is 24.3 Å². The van der Waals surface area contributed by atoms with Crippen LogP contribution in [-0.4, -0.2) is 18.9 Å². The minimum absolute atomic E-state index is 0. The fourth-order valence-corrected chi connectivity index (χ4v) is 0.642. The fourth-order valence-electron chi connectivity index (χ4n) is 0.642. The predicted molar refractivity (Wildman–Crippen MR) is 49.8 cm³/mol. The minimum atomic E-state index is 0. The molecule has 0 aromatic heterocycles. The summed E-state index contributed by atoms with van der Waals surface area (Å²) in [5.74, 6) is 0. The summed E-state index contributed by atoms with van der Waals surface area (Å²) in [6.07, 6.45) is 0. The van der Waals surface area contributed by atoms with Crippen LogP contribution in [0.3, 0.4) is 0 Å². The van der Waals surface area contributed by atoms with Crippen LogP contribution < -0.4 is 37.7 Å². The Kier molecular flexibility index (Phi) is 34.0. The van der Waals surface area contributed by atoms with Gasteiger partial charge in [0.25, 0.3) is 0 Å². The van der Waals surface area contributed by atoms with E-state index in [4.69, 9.17) is 0 Å². The van der Waals surface area contributed by atoms with Gasteiger partial charge in [0.1, 0.15) is 0 Å². The largest absolute Gasteiger partial charge is 2.00 e. The summed E-state index contributed by atoms with van der Waals surface area (Å²) in [4.78, 5) is 0. The van der Waals surface area contributed by atoms with Crippen molar-refractivity contribution in [1.29, 1.82) is 0 Å². The van der Waals surface area contributed by atoms with Gasteiger partial charge in [0.2, 0.25) is 0 Å². The van der Waals surface area contributed by atoms with Gasteiger partial charge in [-0.1, -0.05) is 0 Å². The van der Waals surface area contributed by atoms with Crippen molar-refractivity contribution in [2.45, 2.75) is 0 Å². The van der Waals surface area contributed by atoms with Crippen LogP contribution in [0.2, 0.25) is 0 Å². The van der Waals surface area contributed by atoms with Crippen molar-refractivity contribution < 1.29 is 54.8 Å². The molecule has 0 N–H and O–H groups in total. The quantitative estimate of drug-likeness (QED) is 0.309. The van der Waals surface area contributed by atoms with E-state index in [0.29, 0.717) is 0 Å². The molecule has 1 radical (unpaired) electrons. The standard InChI is InChI=1S/2C5H5.Fe.3Li/c2*1-2-4-5-3-1;;;;/h2*1-5H;;;;/q2*-1;+2;;2*+1. The van der Waals surface area contributed by atoms with E-state index in [2.05, 4.69) is 0 Å². The summed E-state index contributed by atoms with van der Waals surface area (Å²) in [6.45, 7) is 0. The normalized spacial score (nSPS) is 5.71. The number of hydrogen-bond acceptors (Lipinski definition) is 0. The van der Waals surface area contributed by atoms with Gasteiger partial charge in [-0.05, 0) is 0 Å². The molecule has 0 nitrogen and oxygen atoms in total. The molecule has 0 atom stereocenters. The molecule has 14 heavy (non-hydrogen) atoms. The van der Waals surface area contributed by atoms with E-state index in [-0.39, 0.29) is 73.7 Å². The van der Waals surface area contributed by atoms with E-state index >= 15 is 0 Å². The molecule has 59 valence electrons. The van der Waals surface area contributed by atoms with Crippen LogP contribution in [0.25, 0.3) is 0 Å². The van der Waals surface area contributed by atoms with Crippen molar-refractivity contribution in [3.63, 3.8) is 0 Å². The monoisotopic (exact) mass is 207 g/mol. The third kappa shape index (κ3) is 15.5. The molecular weight excluding hydrogens is 197 g/mol. The Balaban J connectivity index is -0.0000000556. The van der Waals surface area contributed by atoms with Crippen molar-refractivity contribution in [2.75, 3.05) is 0 Å². The van der Waals surface area contributed by atoms with Gasteiger partial charge in [0.15, 0.2) is 0 Å². The molecule has 0 aliphatic heterocycles. The molecule has 2 aromatic carbocycles. The Morgan fingerprint density at radius 3 is 0.857 bits per heavy atom. The molecule has 0 amide bonds. The zero-order chi connectivity index (χ0) is 7.07. The van der Waals surface area contributed by atoms with E-state index in [0.717, 1.165) is 0 Å². The van der Waals surface area contributed by atoms with Crippen molar-refractivity contribution in [3.05, 3.63) is 60.7 Å². The van der Waals surface area contributed by atoms with Crippen LogP contribution in [0, 0.1) is 0 Å². The van der Waals surface area contributed by atoms with E-state index in [9.17, 15) is 0 Å². The third-order valence-corrected chi connectivity index (χ3v) is 1.11. The summed E-state index contributed by atoms with van der Waals surface area (Å²) in [5, 5.41) is 0. The Bertz CT molecular complexity index is 155. The van der Waals surface area contributed by atoms with Gasteiger partial charge in [0, 0.05) is 18.9 Å². The second-order valence-corrected chi connectivity index (χ2v) is 1.92. The Morgan fingerprint density at radius 2 is 0.786 bits per heavy atom. The Labute approximate surface area is 133 Å². The molecule has 4 heteroatoms. The first-order valence-corrected chi connectivity index (χ1v) is 3.33. The average Bonchev–Trinajstić information content (AvgIpc) is 2.67. The fraction of sp³-hybridized carbons (Fsp3) is 0.